The summed E-state index contributed by atoms with van der Waals surface area (Å²) in [6, 6.07) is 11.5. The number of carbonyl (C=O) groups excluding carboxylic acids is 1. The van der Waals surface area contributed by atoms with E-state index in [1.807, 2.05) is 44.2 Å². The number of hydrogen-bond donors (Lipinski definition) is 2. The summed E-state index contributed by atoms with van der Waals surface area (Å²) in [6.45, 7) is 3.97. The highest BCUT2D eigenvalue weighted by Crippen LogP contribution is 2.22. The second-order valence-electron chi connectivity index (χ2n) is 4.86. The van der Waals surface area contributed by atoms with Crippen LogP contribution in [0.5, 0.6) is 0 Å². The molecule has 2 N–H and O–H groups in total. The molecule has 0 unspecified atom stereocenters. The number of amides is 1. The van der Waals surface area contributed by atoms with Crippen LogP contribution in [0, 0.1) is 13.8 Å². The van der Waals surface area contributed by atoms with Crippen LogP contribution in [0.2, 0.25) is 0 Å². The van der Waals surface area contributed by atoms with Gasteiger partial charge < -0.3 is 5.32 Å². The van der Waals surface area contributed by atoms with Gasteiger partial charge in [0.1, 0.15) is 0 Å². The third kappa shape index (κ3) is 2.05. The summed E-state index contributed by atoms with van der Waals surface area (Å²) in [5.74, 6) is -0.116. The van der Waals surface area contributed by atoms with E-state index in [4.69, 9.17) is 0 Å². The van der Waals surface area contributed by atoms with E-state index in [9.17, 15) is 4.79 Å². The molecular weight excluding hydrogens is 250 g/mol. The van der Waals surface area contributed by atoms with Crippen LogP contribution in [0.1, 0.15) is 21.5 Å². The minimum atomic E-state index is -0.116. The summed E-state index contributed by atoms with van der Waals surface area (Å²) < 4.78 is 0. The summed E-state index contributed by atoms with van der Waals surface area (Å²) in [4.78, 5) is 12.5. The third-order valence-corrected chi connectivity index (χ3v) is 3.45. The number of aromatic amines is 1. The minimum absolute atomic E-state index is 0.116. The lowest BCUT2D eigenvalue weighted by Gasteiger charge is -2.11. The van der Waals surface area contributed by atoms with Crippen molar-refractivity contribution in [3.8, 4) is 0 Å². The first-order chi connectivity index (χ1) is 9.66. The van der Waals surface area contributed by atoms with Crippen molar-refractivity contribution in [1.82, 2.24) is 10.2 Å². The molecule has 0 bridgehead atoms. The Labute approximate surface area is 116 Å². The van der Waals surface area contributed by atoms with Crippen molar-refractivity contribution < 1.29 is 4.79 Å². The Morgan fingerprint density at radius 2 is 1.80 bits per heavy atom. The number of para-hydroxylation sites is 1. The average molecular weight is 265 g/mol. The van der Waals surface area contributed by atoms with Crippen LogP contribution in [0.25, 0.3) is 10.9 Å². The van der Waals surface area contributed by atoms with Gasteiger partial charge in [0, 0.05) is 11.1 Å². The Kier molecular flexibility index (Phi) is 2.99. The van der Waals surface area contributed by atoms with Gasteiger partial charge in [-0.15, -0.1) is 0 Å². The van der Waals surface area contributed by atoms with Crippen LogP contribution in [0.15, 0.2) is 42.6 Å². The molecule has 3 aromatic rings. The number of H-pyrrole nitrogens is 1. The molecule has 1 heterocycles. The maximum Gasteiger partial charge on any atom is 0.256 e. The summed E-state index contributed by atoms with van der Waals surface area (Å²) >= 11 is 0. The van der Waals surface area contributed by atoms with Gasteiger partial charge in [0.15, 0.2) is 0 Å². The second kappa shape index (κ2) is 4.81. The molecule has 2 aromatic carbocycles. The quantitative estimate of drug-likeness (QED) is 0.745. The fourth-order valence-electron chi connectivity index (χ4n) is 2.36. The number of anilines is 1. The van der Waals surface area contributed by atoms with Gasteiger partial charge in [-0.25, -0.2) is 0 Å². The van der Waals surface area contributed by atoms with Crippen molar-refractivity contribution in [3.05, 3.63) is 59.3 Å². The first-order valence-corrected chi connectivity index (χ1v) is 6.46. The molecule has 1 amide bonds. The van der Waals surface area contributed by atoms with E-state index in [1.165, 1.54) is 0 Å². The molecule has 0 saturated carbocycles. The van der Waals surface area contributed by atoms with Crippen LogP contribution in [-0.4, -0.2) is 16.1 Å². The number of carbonyl (C=O) groups is 1. The standard InChI is InChI=1S/C16H15N3O/c1-10-5-3-6-11(2)15(10)18-16(20)12-7-4-8-14-13(12)9-17-19-14/h3-9H,1-2H3,(H,17,19)(H,18,20). The Morgan fingerprint density at radius 1 is 1.10 bits per heavy atom. The highest BCUT2D eigenvalue weighted by Gasteiger charge is 2.13. The first-order valence-electron chi connectivity index (χ1n) is 6.46. The minimum Gasteiger partial charge on any atom is -0.321 e. The van der Waals surface area contributed by atoms with Gasteiger partial charge in [0.2, 0.25) is 0 Å². The zero-order chi connectivity index (χ0) is 14.1. The van der Waals surface area contributed by atoms with E-state index >= 15 is 0 Å². The molecule has 100 valence electrons. The molecule has 0 saturated heterocycles. The number of rotatable bonds is 2. The molecular formula is C16H15N3O. The molecule has 0 aliphatic carbocycles. The molecule has 4 nitrogen and oxygen atoms in total. The summed E-state index contributed by atoms with van der Waals surface area (Å²) in [5.41, 5.74) is 4.46. The van der Waals surface area contributed by atoms with Crippen LogP contribution >= 0.6 is 0 Å². The number of nitrogens with zero attached hydrogens (tertiary/aromatic N) is 1. The Morgan fingerprint density at radius 3 is 2.55 bits per heavy atom. The second-order valence-corrected chi connectivity index (χ2v) is 4.86. The van der Waals surface area contributed by atoms with E-state index in [0.717, 1.165) is 27.7 Å². The zero-order valence-electron chi connectivity index (χ0n) is 11.4. The SMILES string of the molecule is Cc1cccc(C)c1NC(=O)c1cccc2[nH]ncc12. The monoisotopic (exact) mass is 265 g/mol. The van der Waals surface area contributed by atoms with Gasteiger partial charge in [-0.3, -0.25) is 9.89 Å². The Balaban J connectivity index is 2.00. The predicted octanol–water partition coefficient (Wildman–Crippen LogP) is 3.43. The number of nitrogens with one attached hydrogen (secondary N) is 2. The van der Waals surface area contributed by atoms with Crippen molar-refractivity contribution in [2.75, 3.05) is 5.32 Å². The normalized spacial score (nSPS) is 10.7. The number of benzene rings is 2. The number of aryl methyl sites for hydroxylation is 2. The lowest BCUT2D eigenvalue weighted by molar-refractivity contribution is 0.102. The fraction of sp³-hybridized carbons (Fsp3) is 0.125. The van der Waals surface area contributed by atoms with Crippen molar-refractivity contribution in [3.63, 3.8) is 0 Å². The lowest BCUT2D eigenvalue weighted by Crippen LogP contribution is -2.14. The summed E-state index contributed by atoms with van der Waals surface area (Å²) in [5, 5.41) is 10.7. The molecule has 0 aliphatic rings. The van der Waals surface area contributed by atoms with Gasteiger partial charge in [0.25, 0.3) is 5.91 Å². The highest BCUT2D eigenvalue weighted by molar-refractivity contribution is 6.12. The van der Waals surface area contributed by atoms with Gasteiger partial charge in [-0.1, -0.05) is 24.3 Å². The van der Waals surface area contributed by atoms with Crippen LogP contribution < -0.4 is 5.32 Å². The largest absolute Gasteiger partial charge is 0.321 e. The topological polar surface area (TPSA) is 57.8 Å². The zero-order valence-corrected chi connectivity index (χ0v) is 11.4. The number of aromatic nitrogens is 2. The van der Waals surface area contributed by atoms with Crippen molar-refractivity contribution in [1.29, 1.82) is 0 Å². The van der Waals surface area contributed by atoms with Crippen molar-refractivity contribution >= 4 is 22.5 Å². The summed E-state index contributed by atoms with van der Waals surface area (Å²) in [6.07, 6.45) is 1.68. The van der Waals surface area contributed by atoms with E-state index < -0.39 is 0 Å². The molecule has 0 aliphatic heterocycles. The third-order valence-electron chi connectivity index (χ3n) is 3.45. The first kappa shape index (κ1) is 12.4. The Hall–Kier alpha value is -2.62. The number of hydrogen-bond acceptors (Lipinski definition) is 2. The van der Waals surface area contributed by atoms with Crippen molar-refractivity contribution in [2.45, 2.75) is 13.8 Å². The van der Waals surface area contributed by atoms with Crippen LogP contribution in [-0.2, 0) is 0 Å². The molecule has 1 aromatic heterocycles. The fourth-order valence-corrected chi connectivity index (χ4v) is 2.36. The average Bonchev–Trinajstić information content (AvgIpc) is 2.91. The Bertz CT molecular complexity index is 769. The van der Waals surface area contributed by atoms with E-state index in [-0.39, 0.29) is 5.91 Å². The molecule has 4 heteroatoms. The molecule has 20 heavy (non-hydrogen) atoms. The van der Waals surface area contributed by atoms with Gasteiger partial charge in [0.05, 0.1) is 17.3 Å². The maximum atomic E-state index is 12.5. The lowest BCUT2D eigenvalue weighted by atomic mass is 10.1. The van der Waals surface area contributed by atoms with E-state index in [1.54, 1.807) is 12.3 Å². The predicted molar refractivity (Wildman–Crippen MR) is 80.0 cm³/mol. The van der Waals surface area contributed by atoms with Crippen LogP contribution in [0.3, 0.4) is 0 Å². The summed E-state index contributed by atoms with van der Waals surface area (Å²) in [7, 11) is 0. The molecule has 0 fully saturated rings. The maximum absolute atomic E-state index is 12.5. The molecule has 0 atom stereocenters. The van der Waals surface area contributed by atoms with Crippen LogP contribution in [0.4, 0.5) is 5.69 Å². The van der Waals surface area contributed by atoms with Gasteiger partial charge >= 0.3 is 0 Å². The van der Waals surface area contributed by atoms with E-state index in [2.05, 4.69) is 15.5 Å². The van der Waals surface area contributed by atoms with Gasteiger partial charge in [-0.2, -0.15) is 5.10 Å². The highest BCUT2D eigenvalue weighted by atomic mass is 16.1. The van der Waals surface area contributed by atoms with Gasteiger partial charge in [-0.05, 0) is 37.1 Å². The van der Waals surface area contributed by atoms with Crippen molar-refractivity contribution in [2.24, 2.45) is 0 Å². The molecule has 0 radical (unpaired) electrons. The number of fused-ring (bicyclic) bond motifs is 1. The molecule has 0 spiro atoms. The molecule has 3 rings (SSSR count). The van der Waals surface area contributed by atoms with E-state index in [0.29, 0.717) is 5.56 Å². The smallest absolute Gasteiger partial charge is 0.256 e.